The van der Waals surface area contributed by atoms with Gasteiger partial charge in [0.25, 0.3) is 0 Å². The summed E-state index contributed by atoms with van der Waals surface area (Å²) in [6.07, 6.45) is -5.65. The van der Waals surface area contributed by atoms with Crippen molar-refractivity contribution >= 4 is 15.9 Å². The number of hydrogen-bond acceptors (Lipinski definition) is 6. The minimum Gasteiger partial charge on any atom is -0.465 e. The van der Waals surface area contributed by atoms with Crippen molar-refractivity contribution in [2.45, 2.75) is 29.6 Å². The zero-order chi connectivity index (χ0) is 23.4. The van der Waals surface area contributed by atoms with Gasteiger partial charge in [-0.25, -0.2) is 13.2 Å². The summed E-state index contributed by atoms with van der Waals surface area (Å²) in [5.41, 5.74) is -1.14. The van der Waals surface area contributed by atoms with Gasteiger partial charge in [0, 0.05) is 13.2 Å². The van der Waals surface area contributed by atoms with Gasteiger partial charge in [0.2, 0.25) is 0 Å². The zero-order valence-electron chi connectivity index (χ0n) is 16.6. The minimum absolute atomic E-state index is 0.0168. The van der Waals surface area contributed by atoms with Crippen LogP contribution in [0, 0.1) is 0 Å². The predicted octanol–water partition coefficient (Wildman–Crippen LogP) is 3.97. The maximum absolute atomic E-state index is 12.9. The minimum atomic E-state index is -4.80. The van der Waals surface area contributed by atoms with Crippen LogP contribution in [0.4, 0.5) is 18.0 Å². The van der Waals surface area contributed by atoms with E-state index in [2.05, 4.69) is 10.1 Å². The van der Waals surface area contributed by atoms with E-state index in [0.717, 1.165) is 12.1 Å². The van der Waals surface area contributed by atoms with E-state index in [1.807, 2.05) is 0 Å². The highest BCUT2D eigenvalue weighted by Crippen LogP contribution is 2.29. The number of alkyl halides is 3. The van der Waals surface area contributed by atoms with E-state index in [1.165, 1.54) is 36.4 Å². The van der Waals surface area contributed by atoms with Gasteiger partial charge in [0.05, 0.1) is 16.2 Å². The smallest absolute Gasteiger partial charge is 0.465 e. The molecule has 174 valence electrons. The summed E-state index contributed by atoms with van der Waals surface area (Å²) in [4.78, 5) is 11.2. The van der Waals surface area contributed by atoms with Crippen LogP contribution in [0.25, 0.3) is 0 Å². The molecule has 0 radical (unpaired) electrons. The monoisotopic (exact) mass is 475 g/mol. The van der Waals surface area contributed by atoms with Gasteiger partial charge in [0.1, 0.15) is 17.2 Å². The van der Waals surface area contributed by atoms with Crippen LogP contribution in [-0.4, -0.2) is 50.5 Å². The van der Waals surface area contributed by atoms with Crippen LogP contribution in [0.15, 0.2) is 53.4 Å². The summed E-state index contributed by atoms with van der Waals surface area (Å²) in [7, 11) is -3.84. The SMILES string of the molecule is O=C(O)NC1(CS(=O)(=O)c2ccc(Oc3ccc(OC(F)(F)F)cc3)cc2)CCOCC1. The Hall–Kier alpha value is -2.99. The number of carbonyl (C=O) groups is 1. The van der Waals surface area contributed by atoms with Crippen molar-refractivity contribution in [3.8, 4) is 17.2 Å². The lowest BCUT2D eigenvalue weighted by Gasteiger charge is -2.36. The van der Waals surface area contributed by atoms with Crippen molar-refractivity contribution in [3.63, 3.8) is 0 Å². The first-order chi connectivity index (χ1) is 15.0. The fourth-order valence-corrected chi connectivity index (χ4v) is 5.11. The third-order valence-corrected chi connectivity index (χ3v) is 6.69. The Labute approximate surface area is 181 Å². The number of halogens is 3. The highest BCUT2D eigenvalue weighted by molar-refractivity contribution is 7.91. The van der Waals surface area contributed by atoms with Crippen molar-refractivity contribution in [3.05, 3.63) is 48.5 Å². The van der Waals surface area contributed by atoms with Crippen LogP contribution >= 0.6 is 0 Å². The van der Waals surface area contributed by atoms with Crippen LogP contribution < -0.4 is 14.8 Å². The quantitative estimate of drug-likeness (QED) is 0.623. The van der Waals surface area contributed by atoms with E-state index in [4.69, 9.17) is 14.6 Å². The Morgan fingerprint density at radius 2 is 1.50 bits per heavy atom. The van der Waals surface area contributed by atoms with Gasteiger partial charge in [-0.3, -0.25) is 0 Å². The molecule has 0 unspecified atom stereocenters. The molecule has 2 N–H and O–H groups in total. The van der Waals surface area contributed by atoms with Crippen molar-refractivity contribution in [1.82, 2.24) is 5.32 Å². The zero-order valence-corrected chi connectivity index (χ0v) is 17.4. The first-order valence-electron chi connectivity index (χ1n) is 9.42. The van der Waals surface area contributed by atoms with E-state index in [9.17, 15) is 26.4 Å². The Balaban J connectivity index is 1.69. The Morgan fingerprint density at radius 1 is 1.00 bits per heavy atom. The maximum Gasteiger partial charge on any atom is 0.573 e. The van der Waals surface area contributed by atoms with E-state index < -0.39 is 39.3 Å². The van der Waals surface area contributed by atoms with Gasteiger partial charge in [-0.1, -0.05) is 0 Å². The molecule has 1 fully saturated rings. The second-order valence-corrected chi connectivity index (χ2v) is 9.16. The third-order valence-electron chi connectivity index (χ3n) is 4.76. The number of amides is 1. The number of nitrogens with one attached hydrogen (secondary N) is 1. The Bertz CT molecular complexity index is 1030. The summed E-state index contributed by atoms with van der Waals surface area (Å²) in [5, 5.41) is 11.5. The fraction of sp³-hybridized carbons (Fsp3) is 0.350. The summed E-state index contributed by atoms with van der Waals surface area (Å²) in [6, 6.07) is 10.2. The molecule has 2 aromatic carbocycles. The van der Waals surface area contributed by atoms with Crippen molar-refractivity contribution in [2.75, 3.05) is 19.0 Å². The first-order valence-corrected chi connectivity index (χ1v) is 11.1. The van der Waals surface area contributed by atoms with Crippen molar-refractivity contribution in [1.29, 1.82) is 0 Å². The normalized spacial score (nSPS) is 16.2. The molecule has 12 heteroatoms. The van der Waals surface area contributed by atoms with Gasteiger partial charge in [-0.05, 0) is 61.4 Å². The largest absolute Gasteiger partial charge is 0.573 e. The van der Waals surface area contributed by atoms with E-state index in [-0.39, 0.29) is 42.4 Å². The molecule has 3 rings (SSSR count). The average Bonchev–Trinajstić information content (AvgIpc) is 2.68. The number of sulfone groups is 1. The lowest BCUT2D eigenvalue weighted by atomic mass is 9.92. The maximum atomic E-state index is 12.9. The second-order valence-electron chi connectivity index (χ2n) is 7.17. The van der Waals surface area contributed by atoms with Gasteiger partial charge < -0.3 is 24.6 Å². The number of hydrogen-bond donors (Lipinski definition) is 2. The Morgan fingerprint density at radius 3 is 2.00 bits per heavy atom. The lowest BCUT2D eigenvalue weighted by Crippen LogP contribution is -2.55. The molecule has 2 aromatic rings. The second kappa shape index (κ2) is 9.25. The molecular formula is C20H20F3NO7S. The number of carboxylic acid groups (broad SMARTS) is 1. The molecular weight excluding hydrogens is 455 g/mol. The summed E-state index contributed by atoms with van der Waals surface area (Å²) >= 11 is 0. The number of ether oxygens (including phenoxy) is 3. The van der Waals surface area contributed by atoms with E-state index >= 15 is 0 Å². The molecule has 0 aliphatic carbocycles. The molecule has 0 atom stereocenters. The van der Waals surface area contributed by atoms with Crippen LogP contribution in [0.5, 0.6) is 17.2 Å². The van der Waals surface area contributed by atoms with Crippen LogP contribution in [0.1, 0.15) is 12.8 Å². The molecule has 1 aliphatic rings. The van der Waals surface area contributed by atoms with Crippen LogP contribution in [-0.2, 0) is 14.6 Å². The topological polar surface area (TPSA) is 111 Å². The summed E-state index contributed by atoms with van der Waals surface area (Å²) < 4.78 is 76.9. The third kappa shape index (κ3) is 6.50. The van der Waals surface area contributed by atoms with Gasteiger partial charge in [-0.2, -0.15) is 0 Å². The molecule has 8 nitrogen and oxygen atoms in total. The standard InChI is InChI=1S/C20H20F3NO7S/c21-20(22,23)31-16-3-1-14(2-4-16)30-15-5-7-17(8-6-15)32(27,28)13-19(24-18(25)26)9-11-29-12-10-19/h1-8,24H,9-13H2,(H,25,26). The molecule has 32 heavy (non-hydrogen) atoms. The molecule has 0 aromatic heterocycles. The molecule has 0 bridgehead atoms. The van der Waals surface area contributed by atoms with Gasteiger partial charge in [0.15, 0.2) is 9.84 Å². The highest BCUT2D eigenvalue weighted by Gasteiger charge is 2.39. The van der Waals surface area contributed by atoms with E-state index in [0.29, 0.717) is 0 Å². The van der Waals surface area contributed by atoms with Crippen LogP contribution in [0.2, 0.25) is 0 Å². The Kier molecular flexibility index (Phi) is 6.84. The number of benzene rings is 2. The van der Waals surface area contributed by atoms with Crippen molar-refractivity contribution < 1.29 is 45.7 Å². The molecule has 1 aliphatic heterocycles. The van der Waals surface area contributed by atoms with Crippen LogP contribution in [0.3, 0.4) is 0 Å². The van der Waals surface area contributed by atoms with Gasteiger partial charge >= 0.3 is 12.5 Å². The first kappa shape index (κ1) is 23.7. The molecule has 1 heterocycles. The average molecular weight is 475 g/mol. The van der Waals surface area contributed by atoms with Gasteiger partial charge in [-0.15, -0.1) is 13.2 Å². The molecule has 1 saturated heterocycles. The fourth-order valence-electron chi connectivity index (χ4n) is 3.30. The predicted molar refractivity (Wildman–Crippen MR) is 106 cm³/mol. The summed E-state index contributed by atoms with van der Waals surface area (Å²) in [6.45, 7) is 0.491. The lowest BCUT2D eigenvalue weighted by molar-refractivity contribution is -0.274. The number of rotatable bonds is 7. The highest BCUT2D eigenvalue weighted by atomic mass is 32.2. The van der Waals surface area contributed by atoms with Crippen molar-refractivity contribution in [2.24, 2.45) is 0 Å². The van der Waals surface area contributed by atoms with E-state index in [1.54, 1.807) is 0 Å². The molecule has 1 amide bonds. The summed E-state index contributed by atoms with van der Waals surface area (Å²) in [5.74, 6) is -0.334. The molecule has 0 saturated carbocycles. The molecule has 0 spiro atoms.